The lowest BCUT2D eigenvalue weighted by Gasteiger charge is -2.19. The third kappa shape index (κ3) is 3.86. The van der Waals surface area contributed by atoms with Gasteiger partial charge in [-0.1, -0.05) is 0 Å². The zero-order chi connectivity index (χ0) is 23.0. The van der Waals surface area contributed by atoms with E-state index < -0.39 is 48.8 Å². The van der Waals surface area contributed by atoms with Gasteiger partial charge in [0.05, 0.1) is 12.7 Å². The molecule has 0 unspecified atom stereocenters. The lowest BCUT2D eigenvalue weighted by atomic mass is 10.1. The number of imidazole rings is 1. The molecule has 1 fully saturated rings. The van der Waals surface area contributed by atoms with E-state index >= 15 is 4.39 Å². The van der Waals surface area contributed by atoms with Crippen molar-refractivity contribution in [3.05, 3.63) is 22.5 Å². The number of fused-ring (bicyclic) bond motifs is 1. The zero-order valence-electron chi connectivity index (χ0n) is 16.8. The maximum absolute atomic E-state index is 15.1. The highest BCUT2D eigenvalue weighted by Gasteiger charge is 2.50. The number of halogens is 1. The molecule has 0 bridgehead atoms. The van der Waals surface area contributed by atoms with Crippen LogP contribution >= 0.6 is 0 Å². The highest BCUT2D eigenvalue weighted by molar-refractivity contribution is 5.72. The van der Waals surface area contributed by atoms with E-state index in [4.69, 9.17) is 19.9 Å². The average molecular weight is 451 g/mol. The number of nitrogens with one attached hydrogen (secondary N) is 1. The molecule has 0 spiro atoms. The van der Waals surface area contributed by atoms with Gasteiger partial charge in [-0.3, -0.25) is 14.2 Å². The van der Waals surface area contributed by atoms with E-state index in [1.807, 2.05) is 0 Å². The number of rotatable bonds is 6. The first-order chi connectivity index (χ1) is 15.3. The van der Waals surface area contributed by atoms with E-state index in [0.29, 0.717) is 0 Å². The number of H-pyrrole nitrogens is 1. The number of tetrazole rings is 1. The molecule has 4 atom stereocenters. The first-order valence-electron chi connectivity index (χ1n) is 9.32. The minimum absolute atomic E-state index is 0.0115. The van der Waals surface area contributed by atoms with Gasteiger partial charge >= 0.3 is 17.6 Å². The number of esters is 2. The van der Waals surface area contributed by atoms with E-state index in [1.165, 1.54) is 10.8 Å². The van der Waals surface area contributed by atoms with Gasteiger partial charge in [-0.05, 0) is 10.4 Å². The molecule has 170 valence electrons. The predicted molar refractivity (Wildman–Crippen MR) is 100 cm³/mol. The second-order valence-electron chi connectivity index (χ2n) is 6.91. The number of ether oxygens (including phenoxy) is 3. The Morgan fingerprint density at radius 3 is 2.78 bits per heavy atom. The van der Waals surface area contributed by atoms with Crippen LogP contribution in [0.25, 0.3) is 11.2 Å². The van der Waals surface area contributed by atoms with Gasteiger partial charge in [0.25, 0.3) is 0 Å². The number of nitrogen functional groups attached to an aromatic ring is 1. The van der Waals surface area contributed by atoms with E-state index in [9.17, 15) is 14.4 Å². The first kappa shape index (κ1) is 21.3. The Balaban J connectivity index is 1.81. The van der Waals surface area contributed by atoms with Crippen molar-refractivity contribution >= 4 is 29.1 Å². The molecular formula is C16H18FN9O6. The van der Waals surface area contributed by atoms with Gasteiger partial charge in [0.2, 0.25) is 5.95 Å². The summed E-state index contributed by atoms with van der Waals surface area (Å²) in [5, 5.41) is 13.2. The molecule has 1 saturated heterocycles. The van der Waals surface area contributed by atoms with Crippen molar-refractivity contribution < 1.29 is 28.2 Å². The molecule has 0 amide bonds. The van der Waals surface area contributed by atoms with Crippen LogP contribution in [0, 0.1) is 0 Å². The standard InChI is InChI=1S/C16H18FN9O6/c1-6(27)30-5-9-11(17)12(31-7(2)28)14(32-9)26-13-8(3-19-15(18)20-13)25(16(26)29)4-10-21-23-24-22-10/h3,9,11-12,14H,4-5H2,1-2H3,(H2,18,19,20)(H,21,22,23,24)/t9-,11-,12-,14-/m1/s1. The Bertz CT molecular complexity index is 1210. The summed E-state index contributed by atoms with van der Waals surface area (Å²) < 4.78 is 33.0. The number of alkyl halides is 1. The Morgan fingerprint density at radius 1 is 1.34 bits per heavy atom. The first-order valence-corrected chi connectivity index (χ1v) is 9.32. The fraction of sp³-hybridized carbons (Fsp3) is 0.500. The number of hydrogen-bond donors (Lipinski definition) is 2. The Hall–Kier alpha value is -3.95. The summed E-state index contributed by atoms with van der Waals surface area (Å²) in [5.41, 5.74) is 5.24. The molecule has 15 nitrogen and oxygen atoms in total. The maximum atomic E-state index is 15.1. The Labute approximate surface area is 177 Å². The minimum Gasteiger partial charge on any atom is -0.463 e. The van der Waals surface area contributed by atoms with E-state index in [2.05, 4.69) is 30.6 Å². The summed E-state index contributed by atoms with van der Waals surface area (Å²) in [6.07, 6.45) is -4.83. The number of hydrogen-bond acceptors (Lipinski definition) is 12. The number of nitrogens with zero attached hydrogens (tertiary/aromatic N) is 7. The average Bonchev–Trinajstić information content (AvgIpc) is 3.40. The normalized spacial score (nSPS) is 22.8. The lowest BCUT2D eigenvalue weighted by molar-refractivity contribution is -0.154. The van der Waals surface area contributed by atoms with Crippen molar-refractivity contribution in [3.8, 4) is 0 Å². The number of carbonyl (C=O) groups excluding carboxylic acids is 2. The summed E-state index contributed by atoms with van der Waals surface area (Å²) in [6.45, 7) is 1.70. The smallest absolute Gasteiger partial charge is 0.333 e. The minimum atomic E-state index is -1.90. The molecule has 0 aromatic carbocycles. The van der Waals surface area contributed by atoms with Crippen molar-refractivity contribution in [2.45, 2.75) is 45.0 Å². The van der Waals surface area contributed by atoms with Gasteiger partial charge in [0.15, 0.2) is 30.0 Å². The van der Waals surface area contributed by atoms with Crippen LogP contribution in [0.3, 0.4) is 0 Å². The van der Waals surface area contributed by atoms with Crippen molar-refractivity contribution in [2.24, 2.45) is 0 Å². The van der Waals surface area contributed by atoms with Crippen molar-refractivity contribution in [2.75, 3.05) is 12.3 Å². The van der Waals surface area contributed by atoms with Gasteiger partial charge < -0.3 is 19.9 Å². The maximum Gasteiger partial charge on any atom is 0.333 e. The Morgan fingerprint density at radius 2 is 2.12 bits per heavy atom. The van der Waals surface area contributed by atoms with Crippen LogP contribution in [-0.4, -0.2) is 76.7 Å². The predicted octanol–water partition coefficient (Wildman–Crippen LogP) is -1.53. The molecule has 0 saturated carbocycles. The van der Waals surface area contributed by atoms with Gasteiger partial charge in [0.1, 0.15) is 18.2 Å². The van der Waals surface area contributed by atoms with Gasteiger partial charge in [0, 0.05) is 13.8 Å². The van der Waals surface area contributed by atoms with E-state index in [1.54, 1.807) is 0 Å². The van der Waals surface area contributed by atoms with Crippen LogP contribution in [0.2, 0.25) is 0 Å². The van der Waals surface area contributed by atoms with E-state index in [-0.39, 0.29) is 29.5 Å². The second-order valence-corrected chi connectivity index (χ2v) is 6.91. The monoisotopic (exact) mass is 451 g/mol. The molecule has 1 aliphatic rings. The largest absolute Gasteiger partial charge is 0.463 e. The molecule has 3 aromatic rings. The topological polar surface area (TPSA) is 195 Å². The molecular weight excluding hydrogens is 433 g/mol. The van der Waals surface area contributed by atoms with Crippen LogP contribution in [0.5, 0.6) is 0 Å². The molecule has 0 radical (unpaired) electrons. The summed E-state index contributed by atoms with van der Waals surface area (Å²) in [6, 6.07) is 0. The number of aromatic nitrogens is 8. The molecule has 16 heteroatoms. The summed E-state index contributed by atoms with van der Waals surface area (Å²) in [5.74, 6) is -1.34. The zero-order valence-corrected chi connectivity index (χ0v) is 16.8. The van der Waals surface area contributed by atoms with Crippen molar-refractivity contribution in [1.29, 1.82) is 0 Å². The SMILES string of the molecule is CC(=O)OC[C@H]1O[C@@H](n2c(=O)n(Cc3nnn[nH]3)c3cnc(N)nc32)[C@H](OC(C)=O)[C@@H]1F. The third-order valence-corrected chi connectivity index (χ3v) is 4.69. The molecule has 1 aliphatic heterocycles. The Kier molecular flexibility index (Phi) is 5.52. The fourth-order valence-corrected chi connectivity index (χ4v) is 3.40. The molecule has 32 heavy (non-hydrogen) atoms. The molecule has 4 rings (SSSR count). The lowest BCUT2D eigenvalue weighted by Crippen LogP contribution is -2.37. The number of nitrogens with two attached hydrogens (primary N) is 1. The van der Waals surface area contributed by atoms with Crippen LogP contribution < -0.4 is 11.4 Å². The molecule has 0 aliphatic carbocycles. The second kappa shape index (κ2) is 8.29. The molecule has 3 aromatic heterocycles. The third-order valence-electron chi connectivity index (χ3n) is 4.69. The van der Waals surface area contributed by atoms with Gasteiger partial charge in [-0.25, -0.2) is 23.8 Å². The molecule has 4 heterocycles. The summed E-state index contributed by atoms with van der Waals surface area (Å²) in [4.78, 5) is 44.1. The number of aromatic amines is 1. The quantitative estimate of drug-likeness (QED) is 0.411. The van der Waals surface area contributed by atoms with Crippen LogP contribution in [-0.2, 0) is 30.3 Å². The van der Waals surface area contributed by atoms with Crippen LogP contribution in [0.4, 0.5) is 10.3 Å². The number of anilines is 1. The summed E-state index contributed by atoms with van der Waals surface area (Å²) >= 11 is 0. The van der Waals surface area contributed by atoms with E-state index in [0.717, 1.165) is 18.4 Å². The highest BCUT2D eigenvalue weighted by atomic mass is 19.1. The van der Waals surface area contributed by atoms with Gasteiger partial charge in [-0.15, -0.1) is 5.10 Å². The highest BCUT2D eigenvalue weighted by Crippen LogP contribution is 2.35. The van der Waals surface area contributed by atoms with Crippen molar-refractivity contribution in [3.63, 3.8) is 0 Å². The summed E-state index contributed by atoms with van der Waals surface area (Å²) in [7, 11) is 0. The van der Waals surface area contributed by atoms with Crippen LogP contribution in [0.15, 0.2) is 11.0 Å². The fourth-order valence-electron chi connectivity index (χ4n) is 3.40. The number of carbonyl (C=O) groups is 2. The molecule has 3 N–H and O–H groups in total. The van der Waals surface area contributed by atoms with Crippen molar-refractivity contribution in [1.82, 2.24) is 39.7 Å². The van der Waals surface area contributed by atoms with Gasteiger partial charge in [-0.2, -0.15) is 4.98 Å². The van der Waals surface area contributed by atoms with Crippen LogP contribution in [0.1, 0.15) is 25.9 Å².